The zero-order valence-corrected chi connectivity index (χ0v) is 12.7. The molecule has 0 saturated carbocycles. The van der Waals surface area contributed by atoms with Crippen molar-refractivity contribution < 1.29 is 9.18 Å². The fourth-order valence-electron chi connectivity index (χ4n) is 1.66. The van der Waals surface area contributed by atoms with E-state index in [0.29, 0.717) is 25.6 Å². The average molecular weight is 362 g/mol. The molecule has 0 heterocycles. The van der Waals surface area contributed by atoms with E-state index in [4.69, 9.17) is 23.2 Å². The molecule has 0 aromatic heterocycles. The van der Waals surface area contributed by atoms with Crippen LogP contribution in [-0.4, -0.2) is 5.78 Å². The van der Waals surface area contributed by atoms with Crippen molar-refractivity contribution in [3.05, 3.63) is 67.9 Å². The molecular formula is C14H8BrCl2FO. The van der Waals surface area contributed by atoms with Gasteiger partial charge in [0.05, 0.1) is 0 Å². The van der Waals surface area contributed by atoms with E-state index in [1.54, 1.807) is 18.2 Å². The number of hydrogen-bond acceptors (Lipinski definition) is 1. The molecule has 19 heavy (non-hydrogen) atoms. The van der Waals surface area contributed by atoms with Crippen LogP contribution in [0.4, 0.5) is 4.39 Å². The van der Waals surface area contributed by atoms with Gasteiger partial charge in [-0.25, -0.2) is 4.39 Å². The van der Waals surface area contributed by atoms with Crippen molar-refractivity contribution in [3.8, 4) is 0 Å². The fraction of sp³-hybridized carbons (Fsp3) is 0.0714. The largest absolute Gasteiger partial charge is 0.294 e. The monoisotopic (exact) mass is 360 g/mol. The number of carbonyl (C=O) groups excluding carboxylic acids is 1. The van der Waals surface area contributed by atoms with Crippen molar-refractivity contribution in [1.82, 2.24) is 0 Å². The van der Waals surface area contributed by atoms with Gasteiger partial charge in [-0.1, -0.05) is 23.2 Å². The summed E-state index contributed by atoms with van der Waals surface area (Å²) < 4.78 is 13.7. The Morgan fingerprint density at radius 3 is 2.58 bits per heavy atom. The molecule has 2 aromatic rings. The maximum Gasteiger partial charge on any atom is 0.168 e. The van der Waals surface area contributed by atoms with Crippen molar-refractivity contribution >= 4 is 44.9 Å². The Morgan fingerprint density at radius 1 is 1.16 bits per heavy atom. The van der Waals surface area contributed by atoms with Gasteiger partial charge < -0.3 is 0 Å². The maximum absolute atomic E-state index is 13.1. The highest BCUT2D eigenvalue weighted by atomic mass is 79.9. The van der Waals surface area contributed by atoms with Crippen LogP contribution < -0.4 is 0 Å². The second kappa shape index (κ2) is 6.04. The summed E-state index contributed by atoms with van der Waals surface area (Å²) in [6.07, 6.45) is 0.0385. The van der Waals surface area contributed by atoms with E-state index in [1.165, 1.54) is 18.2 Å². The van der Waals surface area contributed by atoms with Crippen LogP contribution in [-0.2, 0) is 6.42 Å². The summed E-state index contributed by atoms with van der Waals surface area (Å²) in [6.45, 7) is 0. The van der Waals surface area contributed by atoms with E-state index in [-0.39, 0.29) is 12.2 Å². The van der Waals surface area contributed by atoms with Crippen LogP contribution in [0.15, 0.2) is 40.9 Å². The highest BCUT2D eigenvalue weighted by molar-refractivity contribution is 9.10. The number of benzene rings is 2. The number of carbonyl (C=O) groups is 1. The Labute approximate surface area is 128 Å². The van der Waals surface area contributed by atoms with Gasteiger partial charge in [0, 0.05) is 26.5 Å². The first-order chi connectivity index (χ1) is 8.97. The lowest BCUT2D eigenvalue weighted by atomic mass is 10.0. The Bertz CT molecular complexity index is 643. The Kier molecular flexibility index (Phi) is 4.61. The van der Waals surface area contributed by atoms with Crippen LogP contribution in [0, 0.1) is 5.82 Å². The summed E-state index contributed by atoms with van der Waals surface area (Å²) in [5.74, 6) is -0.571. The van der Waals surface area contributed by atoms with E-state index >= 15 is 0 Å². The molecule has 2 aromatic carbocycles. The number of halogens is 4. The predicted octanol–water partition coefficient (Wildman–Crippen LogP) is 5.32. The molecule has 0 saturated heterocycles. The average Bonchev–Trinajstić information content (AvgIpc) is 2.33. The van der Waals surface area contributed by atoms with Gasteiger partial charge in [0.15, 0.2) is 5.78 Å². The molecule has 5 heteroatoms. The molecule has 2 rings (SSSR count). The Morgan fingerprint density at radius 2 is 1.89 bits per heavy atom. The van der Waals surface area contributed by atoms with Crippen molar-refractivity contribution in [2.45, 2.75) is 6.42 Å². The second-order valence-corrected chi connectivity index (χ2v) is 5.66. The van der Waals surface area contributed by atoms with Crippen LogP contribution in [0.25, 0.3) is 0 Å². The van der Waals surface area contributed by atoms with Crippen LogP contribution in [0.3, 0.4) is 0 Å². The van der Waals surface area contributed by atoms with Crippen LogP contribution in [0.1, 0.15) is 15.9 Å². The first-order valence-corrected chi connectivity index (χ1v) is 6.94. The van der Waals surface area contributed by atoms with Gasteiger partial charge in [0.2, 0.25) is 0 Å². The molecular weight excluding hydrogens is 354 g/mol. The smallest absolute Gasteiger partial charge is 0.168 e. The minimum absolute atomic E-state index is 0.0385. The molecule has 98 valence electrons. The standard InChI is InChI=1S/C14H8BrCl2FO/c15-12-7-9(16)1-3-11(12)14(19)6-8-5-10(18)2-4-13(8)17/h1-5,7H,6H2. The highest BCUT2D eigenvalue weighted by Gasteiger charge is 2.13. The van der Waals surface area contributed by atoms with Crippen LogP contribution >= 0.6 is 39.1 Å². The van der Waals surface area contributed by atoms with Gasteiger partial charge in [0.1, 0.15) is 5.82 Å². The topological polar surface area (TPSA) is 17.1 Å². The van der Waals surface area contributed by atoms with Gasteiger partial charge >= 0.3 is 0 Å². The number of Topliss-reactive ketones (excluding diaryl/α,β-unsaturated/α-hetero) is 1. The maximum atomic E-state index is 13.1. The number of ketones is 1. The zero-order chi connectivity index (χ0) is 14.0. The number of hydrogen-bond donors (Lipinski definition) is 0. The lowest BCUT2D eigenvalue weighted by Crippen LogP contribution is -2.05. The molecule has 0 bridgehead atoms. The van der Waals surface area contributed by atoms with Gasteiger partial charge in [-0.05, 0) is 57.9 Å². The van der Waals surface area contributed by atoms with Gasteiger partial charge in [-0.2, -0.15) is 0 Å². The summed E-state index contributed by atoms with van der Waals surface area (Å²) in [7, 11) is 0. The van der Waals surface area contributed by atoms with Gasteiger partial charge in [0.25, 0.3) is 0 Å². The third kappa shape index (κ3) is 3.56. The molecule has 0 atom stereocenters. The summed E-state index contributed by atoms with van der Waals surface area (Å²) in [4.78, 5) is 12.2. The van der Waals surface area contributed by atoms with E-state index in [0.717, 1.165) is 0 Å². The van der Waals surface area contributed by atoms with Crippen molar-refractivity contribution in [2.75, 3.05) is 0 Å². The third-order valence-corrected chi connectivity index (χ3v) is 3.85. The summed E-state index contributed by atoms with van der Waals surface area (Å²) >= 11 is 15.0. The first-order valence-electron chi connectivity index (χ1n) is 5.39. The molecule has 0 aliphatic heterocycles. The molecule has 0 fully saturated rings. The predicted molar refractivity (Wildman–Crippen MR) is 78.6 cm³/mol. The molecule has 1 nitrogen and oxygen atoms in total. The Hall–Kier alpha value is -0.900. The normalized spacial score (nSPS) is 10.5. The SMILES string of the molecule is O=C(Cc1cc(F)ccc1Cl)c1ccc(Cl)cc1Br. The van der Waals surface area contributed by atoms with Gasteiger partial charge in [-0.3, -0.25) is 4.79 Å². The summed E-state index contributed by atoms with van der Waals surface area (Å²) in [5, 5.41) is 0.909. The second-order valence-electron chi connectivity index (χ2n) is 3.96. The summed E-state index contributed by atoms with van der Waals surface area (Å²) in [5.41, 5.74) is 0.957. The number of rotatable bonds is 3. The lowest BCUT2D eigenvalue weighted by Gasteiger charge is -2.06. The van der Waals surface area contributed by atoms with E-state index in [9.17, 15) is 9.18 Å². The molecule has 0 unspecified atom stereocenters. The molecule has 0 radical (unpaired) electrons. The minimum atomic E-state index is -0.414. The van der Waals surface area contributed by atoms with Crippen molar-refractivity contribution in [1.29, 1.82) is 0 Å². The quantitative estimate of drug-likeness (QED) is 0.676. The zero-order valence-electron chi connectivity index (χ0n) is 9.59. The lowest BCUT2D eigenvalue weighted by molar-refractivity contribution is 0.0992. The fourth-order valence-corrected chi connectivity index (χ4v) is 2.75. The first kappa shape index (κ1) is 14.5. The van der Waals surface area contributed by atoms with E-state index < -0.39 is 5.82 Å². The van der Waals surface area contributed by atoms with Gasteiger partial charge in [-0.15, -0.1) is 0 Å². The summed E-state index contributed by atoms with van der Waals surface area (Å²) in [6, 6.07) is 8.87. The van der Waals surface area contributed by atoms with E-state index in [2.05, 4.69) is 15.9 Å². The molecule has 0 aliphatic carbocycles. The molecule has 0 aliphatic rings. The van der Waals surface area contributed by atoms with Crippen LogP contribution in [0.2, 0.25) is 10.0 Å². The van der Waals surface area contributed by atoms with Crippen molar-refractivity contribution in [2.24, 2.45) is 0 Å². The van der Waals surface area contributed by atoms with E-state index in [1.807, 2.05) is 0 Å². The molecule has 0 spiro atoms. The third-order valence-electron chi connectivity index (χ3n) is 2.59. The molecule has 0 N–H and O–H groups in total. The Balaban J connectivity index is 2.28. The highest BCUT2D eigenvalue weighted by Crippen LogP contribution is 2.25. The van der Waals surface area contributed by atoms with Crippen LogP contribution in [0.5, 0.6) is 0 Å². The minimum Gasteiger partial charge on any atom is -0.294 e. The molecule has 0 amide bonds. The van der Waals surface area contributed by atoms with Crippen molar-refractivity contribution in [3.63, 3.8) is 0 Å².